The molecule has 3 nitrogen and oxygen atoms in total. The summed E-state index contributed by atoms with van der Waals surface area (Å²) >= 11 is 0. The van der Waals surface area contributed by atoms with Gasteiger partial charge in [0.05, 0.1) is 0 Å². The number of hydrogen-bond donors (Lipinski definition) is 0. The highest BCUT2D eigenvalue weighted by atomic mass is 14.7. The van der Waals surface area contributed by atoms with Crippen LogP contribution in [0.25, 0.3) is 21.5 Å². The number of aromatic nitrogens is 3. The monoisotopic (exact) mass is 1180 g/mol. The SMILES string of the molecule is Cc1cc2c(c(C)c1C)C1CCC2C1.Cc1cc2c(c(C)c1C)CCCC2.Cc1cc2ccccc2c(C)c1C.Cc1cc2ccccc2c(C)c1C.Cc1cccc(C)c1C.Cc1ccnc(C)c1C.Cc1ccnc(C)c1C.Cc1cncc(C)c1C. The maximum atomic E-state index is 4.14. The third-order valence-corrected chi connectivity index (χ3v) is 20.9. The molecule has 89 heavy (non-hydrogen) atoms. The van der Waals surface area contributed by atoms with Crippen molar-refractivity contribution in [3.8, 4) is 0 Å². The molecule has 1 fully saturated rings. The molecule has 1 saturated carbocycles. The van der Waals surface area contributed by atoms with Crippen LogP contribution >= 0.6 is 0 Å². The minimum Gasteiger partial charge on any atom is -0.264 e. The largest absolute Gasteiger partial charge is 0.264 e. The molecule has 0 aliphatic heterocycles. The van der Waals surface area contributed by atoms with Crippen molar-refractivity contribution in [1.82, 2.24) is 15.0 Å². The molecule has 7 aromatic carbocycles. The summed E-state index contributed by atoms with van der Waals surface area (Å²) in [5, 5.41) is 5.46. The standard InChI is InChI=1S/C14H18.C13H18.2C13H14.C9H12.3C8H11N/c1-8-6-13-11-4-5-12(7-11)14(13)10(3)9(8)2;3*1-9-8-12-6-4-5-7-13(12)11(3)10(9)2;1-7-5-4-6-8(2)9(7)3;1-6-4-9-5-7(2)8(6)3;2*1-6-4-5-9-8(3)7(6)2/h6,11-12H,4-5,7H2,1-3H3;8H,4-7H2,1-3H3;2*4-8H,1-3H3;4-6H,1-3H3;3*4-5H,1-3H3. The van der Waals surface area contributed by atoms with Gasteiger partial charge in [0, 0.05) is 36.2 Å². The highest BCUT2D eigenvalue weighted by Crippen LogP contribution is 2.54. The number of fused-ring (bicyclic) bond motifs is 8. The van der Waals surface area contributed by atoms with E-state index in [1.54, 1.807) is 33.4 Å². The van der Waals surface area contributed by atoms with Gasteiger partial charge in [-0.2, -0.15) is 0 Å². The molecule has 2 bridgehead atoms. The summed E-state index contributed by atoms with van der Waals surface area (Å²) in [6.07, 6.45) is 17.2. The minimum absolute atomic E-state index is 0.910. The topological polar surface area (TPSA) is 38.7 Å². The van der Waals surface area contributed by atoms with E-state index in [0.29, 0.717) is 0 Å². The average molecular weight is 1180 g/mol. The van der Waals surface area contributed by atoms with Gasteiger partial charge in [-0.05, 0) is 401 Å². The number of aryl methyl sites for hydroxylation is 15. The Morgan fingerprint density at radius 3 is 1.18 bits per heavy atom. The predicted octanol–water partition coefficient (Wildman–Crippen LogP) is 23.6. The van der Waals surface area contributed by atoms with E-state index in [-0.39, 0.29) is 0 Å². The lowest BCUT2D eigenvalue weighted by Crippen LogP contribution is -2.07. The van der Waals surface area contributed by atoms with Crippen LogP contribution in [0.4, 0.5) is 0 Å². The molecule has 10 aromatic rings. The van der Waals surface area contributed by atoms with Crippen LogP contribution in [0.15, 0.2) is 128 Å². The Labute approximate surface area is 540 Å². The lowest BCUT2D eigenvalue weighted by atomic mass is 9.85. The quantitative estimate of drug-likeness (QED) is 0.152. The van der Waals surface area contributed by atoms with E-state index in [4.69, 9.17) is 0 Å². The lowest BCUT2D eigenvalue weighted by molar-refractivity contribution is 0.680. The third kappa shape index (κ3) is 17.9. The van der Waals surface area contributed by atoms with Crippen LogP contribution < -0.4 is 0 Å². The molecule has 468 valence electrons. The Balaban J connectivity index is 0.000000163. The highest BCUT2D eigenvalue weighted by Gasteiger charge is 2.38. The predicted molar refractivity (Wildman–Crippen MR) is 390 cm³/mol. The van der Waals surface area contributed by atoms with E-state index < -0.39 is 0 Å². The number of nitrogens with zero attached hydrogens (tertiary/aromatic N) is 3. The van der Waals surface area contributed by atoms with Gasteiger partial charge in [-0.1, -0.05) is 91.0 Å². The Kier molecular flexibility index (Phi) is 25.6. The number of pyridine rings is 3. The van der Waals surface area contributed by atoms with Crippen LogP contribution in [-0.2, 0) is 12.8 Å². The van der Waals surface area contributed by atoms with E-state index in [1.807, 2.05) is 50.8 Å². The first-order valence-corrected chi connectivity index (χ1v) is 32.9. The van der Waals surface area contributed by atoms with Crippen molar-refractivity contribution in [2.45, 2.75) is 223 Å². The molecule has 2 unspecified atom stereocenters. The number of hydrogen-bond acceptors (Lipinski definition) is 3. The van der Waals surface area contributed by atoms with Gasteiger partial charge >= 0.3 is 0 Å². The van der Waals surface area contributed by atoms with Crippen molar-refractivity contribution in [2.24, 2.45) is 0 Å². The van der Waals surface area contributed by atoms with Crippen molar-refractivity contribution < 1.29 is 0 Å². The summed E-state index contributed by atoms with van der Waals surface area (Å²) in [6, 6.07) is 36.9. The molecule has 3 heteroatoms. The fourth-order valence-electron chi connectivity index (χ4n) is 12.8. The molecular formula is C86H109N3. The summed E-state index contributed by atoms with van der Waals surface area (Å²) in [6.45, 7) is 51.9. The zero-order valence-corrected chi connectivity index (χ0v) is 59.6. The second-order valence-corrected chi connectivity index (χ2v) is 26.4. The lowest BCUT2D eigenvalue weighted by Gasteiger charge is -2.21. The number of benzene rings is 7. The second kappa shape index (κ2) is 32.3. The van der Waals surface area contributed by atoms with E-state index in [2.05, 4.69) is 258 Å². The zero-order chi connectivity index (χ0) is 65.6. The fraction of sp³-hybridized carbons (Fsp3) is 0.384. The summed E-state index contributed by atoms with van der Waals surface area (Å²) in [5.74, 6) is 1.82. The van der Waals surface area contributed by atoms with Crippen LogP contribution in [0, 0.1) is 166 Å². The fourth-order valence-corrected chi connectivity index (χ4v) is 12.8. The molecule has 0 saturated heterocycles. The summed E-state index contributed by atoms with van der Waals surface area (Å²) in [7, 11) is 0. The molecule has 3 aromatic heterocycles. The van der Waals surface area contributed by atoms with Crippen molar-refractivity contribution in [1.29, 1.82) is 0 Å². The Hall–Kier alpha value is -7.49. The van der Waals surface area contributed by atoms with Crippen LogP contribution in [0.2, 0.25) is 0 Å². The van der Waals surface area contributed by atoms with Gasteiger partial charge in [0.25, 0.3) is 0 Å². The van der Waals surface area contributed by atoms with Gasteiger partial charge in [-0.15, -0.1) is 0 Å². The Morgan fingerprint density at radius 2 is 0.719 bits per heavy atom. The molecule has 2 atom stereocenters. The van der Waals surface area contributed by atoms with Gasteiger partial charge in [-0.3, -0.25) is 15.0 Å². The molecule has 3 heterocycles. The van der Waals surface area contributed by atoms with Gasteiger partial charge in [0.2, 0.25) is 0 Å². The summed E-state index contributed by atoms with van der Waals surface area (Å²) in [4.78, 5) is 12.3. The van der Waals surface area contributed by atoms with Crippen LogP contribution in [0.1, 0.15) is 200 Å². The molecule has 0 N–H and O–H groups in total. The van der Waals surface area contributed by atoms with Gasteiger partial charge < -0.3 is 0 Å². The Bertz CT molecular complexity index is 3690. The van der Waals surface area contributed by atoms with Crippen molar-refractivity contribution in [3.63, 3.8) is 0 Å². The van der Waals surface area contributed by atoms with Crippen LogP contribution in [0.3, 0.4) is 0 Å². The maximum absolute atomic E-state index is 4.14. The first-order chi connectivity index (χ1) is 42.1. The second-order valence-electron chi connectivity index (χ2n) is 26.4. The van der Waals surface area contributed by atoms with E-state index >= 15 is 0 Å². The van der Waals surface area contributed by atoms with Crippen LogP contribution in [0.5, 0.6) is 0 Å². The molecule has 3 aliphatic carbocycles. The molecule has 0 amide bonds. The van der Waals surface area contributed by atoms with Gasteiger partial charge in [0.1, 0.15) is 0 Å². The summed E-state index contributed by atoms with van der Waals surface area (Å²) < 4.78 is 0. The molecule has 0 spiro atoms. The molecule has 13 rings (SSSR count). The smallest absolute Gasteiger partial charge is 0.0404 e. The first-order valence-electron chi connectivity index (χ1n) is 32.9. The van der Waals surface area contributed by atoms with Crippen molar-refractivity contribution in [2.75, 3.05) is 0 Å². The zero-order valence-electron chi connectivity index (χ0n) is 59.6. The molecule has 0 radical (unpaired) electrons. The number of rotatable bonds is 0. The van der Waals surface area contributed by atoms with Gasteiger partial charge in [0.15, 0.2) is 0 Å². The van der Waals surface area contributed by atoms with Crippen molar-refractivity contribution in [3.05, 3.63) is 284 Å². The minimum atomic E-state index is 0.910. The Morgan fingerprint density at radius 1 is 0.315 bits per heavy atom. The normalized spacial score (nSPS) is 13.8. The first kappa shape index (κ1) is 70.6. The van der Waals surface area contributed by atoms with E-state index in [9.17, 15) is 0 Å². The van der Waals surface area contributed by atoms with Crippen LogP contribution in [-0.4, -0.2) is 15.0 Å². The summed E-state index contributed by atoms with van der Waals surface area (Å²) in [5.41, 5.74) is 39.8. The highest BCUT2D eigenvalue weighted by molar-refractivity contribution is 5.88. The molecular weight excluding hydrogens is 1070 g/mol. The van der Waals surface area contributed by atoms with E-state index in [0.717, 1.165) is 23.2 Å². The van der Waals surface area contributed by atoms with E-state index in [1.165, 1.54) is 178 Å². The van der Waals surface area contributed by atoms with Gasteiger partial charge in [-0.25, -0.2) is 0 Å². The third-order valence-electron chi connectivity index (χ3n) is 20.9. The average Bonchev–Trinajstić information content (AvgIpc) is 1.73. The molecule has 3 aliphatic rings. The maximum Gasteiger partial charge on any atom is 0.0404 e. The van der Waals surface area contributed by atoms with Crippen molar-refractivity contribution >= 4 is 21.5 Å².